The standard InChI is InChI=1S/C17H22BrNO/c18-9-8-13-5-4-10-19(12-13)17(20)16-11-15(16)14-6-2-1-3-7-14/h1-3,6-7,13,15-16H,4-5,8-12H2. The Morgan fingerprint density at radius 2 is 2.10 bits per heavy atom. The van der Waals surface area contributed by atoms with Crippen molar-refractivity contribution in [2.45, 2.75) is 31.6 Å². The van der Waals surface area contributed by atoms with Crippen LogP contribution in [-0.4, -0.2) is 29.2 Å². The van der Waals surface area contributed by atoms with E-state index in [0.29, 0.717) is 17.7 Å². The van der Waals surface area contributed by atoms with Crippen LogP contribution >= 0.6 is 15.9 Å². The van der Waals surface area contributed by atoms with Crippen molar-refractivity contribution >= 4 is 21.8 Å². The average Bonchev–Trinajstić information content (AvgIpc) is 3.29. The minimum atomic E-state index is 0.250. The highest BCUT2D eigenvalue weighted by Gasteiger charge is 2.46. The van der Waals surface area contributed by atoms with Crippen LogP contribution in [0.2, 0.25) is 0 Å². The summed E-state index contributed by atoms with van der Waals surface area (Å²) in [4.78, 5) is 14.7. The summed E-state index contributed by atoms with van der Waals surface area (Å²) in [6, 6.07) is 10.5. The number of carbonyl (C=O) groups is 1. The number of benzene rings is 1. The van der Waals surface area contributed by atoms with Gasteiger partial charge in [-0.1, -0.05) is 46.3 Å². The Hall–Kier alpha value is -0.830. The second-order valence-corrected chi connectivity index (χ2v) is 6.92. The van der Waals surface area contributed by atoms with E-state index in [9.17, 15) is 4.79 Å². The molecule has 0 N–H and O–H groups in total. The van der Waals surface area contributed by atoms with Crippen molar-refractivity contribution in [2.24, 2.45) is 11.8 Å². The molecule has 0 radical (unpaired) electrons. The van der Waals surface area contributed by atoms with E-state index in [1.807, 2.05) is 6.07 Å². The lowest BCUT2D eigenvalue weighted by atomic mass is 9.95. The zero-order valence-corrected chi connectivity index (χ0v) is 13.4. The molecule has 0 bridgehead atoms. The highest BCUT2D eigenvalue weighted by atomic mass is 79.9. The van der Waals surface area contributed by atoms with E-state index in [1.165, 1.54) is 24.8 Å². The Balaban J connectivity index is 1.58. The highest BCUT2D eigenvalue weighted by molar-refractivity contribution is 9.09. The third kappa shape index (κ3) is 3.08. The average molecular weight is 336 g/mol. The van der Waals surface area contributed by atoms with Crippen LogP contribution in [0.4, 0.5) is 0 Å². The molecule has 1 aromatic rings. The van der Waals surface area contributed by atoms with Crippen molar-refractivity contribution in [2.75, 3.05) is 18.4 Å². The second-order valence-electron chi connectivity index (χ2n) is 6.13. The van der Waals surface area contributed by atoms with Crippen molar-refractivity contribution in [1.82, 2.24) is 4.90 Å². The molecule has 1 aliphatic carbocycles. The van der Waals surface area contributed by atoms with Gasteiger partial charge in [-0.25, -0.2) is 0 Å². The van der Waals surface area contributed by atoms with Crippen molar-refractivity contribution in [1.29, 1.82) is 0 Å². The molecule has 3 atom stereocenters. The van der Waals surface area contributed by atoms with Gasteiger partial charge in [0, 0.05) is 24.3 Å². The largest absolute Gasteiger partial charge is 0.342 e. The Morgan fingerprint density at radius 3 is 2.85 bits per heavy atom. The van der Waals surface area contributed by atoms with E-state index in [2.05, 4.69) is 45.1 Å². The van der Waals surface area contributed by atoms with Crippen LogP contribution in [0.1, 0.15) is 37.2 Å². The number of carbonyl (C=O) groups excluding carboxylic acids is 1. The highest BCUT2D eigenvalue weighted by Crippen LogP contribution is 2.48. The van der Waals surface area contributed by atoms with Gasteiger partial charge < -0.3 is 4.90 Å². The number of hydrogen-bond acceptors (Lipinski definition) is 1. The zero-order chi connectivity index (χ0) is 13.9. The van der Waals surface area contributed by atoms with Crippen LogP contribution in [0, 0.1) is 11.8 Å². The molecule has 2 nitrogen and oxygen atoms in total. The minimum absolute atomic E-state index is 0.250. The molecule has 1 amide bonds. The fraction of sp³-hybridized carbons (Fsp3) is 0.588. The zero-order valence-electron chi connectivity index (χ0n) is 11.8. The third-order valence-corrected chi connectivity index (χ3v) is 5.14. The summed E-state index contributed by atoms with van der Waals surface area (Å²) in [6.45, 7) is 1.94. The Morgan fingerprint density at radius 1 is 1.30 bits per heavy atom. The maximum atomic E-state index is 12.6. The number of rotatable bonds is 4. The topological polar surface area (TPSA) is 20.3 Å². The summed E-state index contributed by atoms with van der Waals surface area (Å²) in [5, 5.41) is 1.05. The van der Waals surface area contributed by atoms with E-state index in [-0.39, 0.29) is 5.92 Å². The Bertz CT molecular complexity index is 459. The van der Waals surface area contributed by atoms with Gasteiger partial charge in [-0.3, -0.25) is 4.79 Å². The SMILES string of the molecule is O=C(C1CC1c1ccccc1)N1CCCC(CCBr)C1. The number of likely N-dealkylation sites (tertiary alicyclic amines) is 1. The number of amides is 1. The maximum Gasteiger partial charge on any atom is 0.226 e. The van der Waals surface area contributed by atoms with E-state index >= 15 is 0 Å². The first-order valence-corrected chi connectivity index (χ1v) is 8.81. The van der Waals surface area contributed by atoms with E-state index in [4.69, 9.17) is 0 Å². The molecule has 2 fully saturated rings. The van der Waals surface area contributed by atoms with Crippen LogP contribution in [0.5, 0.6) is 0 Å². The van der Waals surface area contributed by atoms with Gasteiger partial charge in [0.15, 0.2) is 0 Å². The number of alkyl halides is 1. The van der Waals surface area contributed by atoms with E-state index < -0.39 is 0 Å². The van der Waals surface area contributed by atoms with Crippen molar-refractivity contribution < 1.29 is 4.79 Å². The quantitative estimate of drug-likeness (QED) is 0.766. The molecule has 20 heavy (non-hydrogen) atoms. The van der Waals surface area contributed by atoms with Crippen molar-refractivity contribution in [3.05, 3.63) is 35.9 Å². The number of piperidine rings is 1. The lowest BCUT2D eigenvalue weighted by molar-refractivity contribution is -0.134. The van der Waals surface area contributed by atoms with Gasteiger partial charge in [-0.15, -0.1) is 0 Å². The molecule has 1 heterocycles. The summed E-state index contributed by atoms with van der Waals surface area (Å²) in [7, 11) is 0. The molecule has 1 aliphatic heterocycles. The van der Waals surface area contributed by atoms with Crippen LogP contribution in [0.3, 0.4) is 0 Å². The molecule has 3 rings (SSSR count). The Labute approximate surface area is 129 Å². The maximum absolute atomic E-state index is 12.6. The smallest absolute Gasteiger partial charge is 0.226 e. The molecule has 0 spiro atoms. The number of halogens is 1. The molecule has 3 heteroatoms. The minimum Gasteiger partial charge on any atom is -0.342 e. The summed E-state index contributed by atoms with van der Waals surface area (Å²) >= 11 is 3.52. The Kier molecular flexibility index (Phi) is 4.45. The van der Waals surface area contributed by atoms with Gasteiger partial charge in [-0.05, 0) is 43.1 Å². The first-order chi connectivity index (χ1) is 9.79. The molecule has 2 aliphatic rings. The van der Waals surface area contributed by atoms with Crippen LogP contribution in [0.25, 0.3) is 0 Å². The van der Waals surface area contributed by atoms with Gasteiger partial charge >= 0.3 is 0 Å². The molecule has 3 unspecified atom stereocenters. The normalized spacial score (nSPS) is 29.2. The van der Waals surface area contributed by atoms with Crippen molar-refractivity contribution in [3.8, 4) is 0 Å². The number of nitrogens with zero attached hydrogens (tertiary/aromatic N) is 1. The van der Waals surface area contributed by atoms with Crippen molar-refractivity contribution in [3.63, 3.8) is 0 Å². The lowest BCUT2D eigenvalue weighted by Crippen LogP contribution is -2.41. The third-order valence-electron chi connectivity index (χ3n) is 4.68. The van der Waals surface area contributed by atoms with Gasteiger partial charge in [0.2, 0.25) is 5.91 Å². The summed E-state index contributed by atoms with van der Waals surface area (Å²) < 4.78 is 0. The fourth-order valence-corrected chi connectivity index (χ4v) is 4.07. The summed E-state index contributed by atoms with van der Waals surface area (Å²) in [5.41, 5.74) is 1.33. The lowest BCUT2D eigenvalue weighted by Gasteiger charge is -2.33. The molecule has 1 saturated heterocycles. The predicted octanol–water partition coefficient (Wildman–Crippen LogP) is 3.81. The van der Waals surface area contributed by atoms with Crippen LogP contribution in [0.15, 0.2) is 30.3 Å². The number of hydrogen-bond donors (Lipinski definition) is 0. The van der Waals surface area contributed by atoms with Crippen LogP contribution in [-0.2, 0) is 4.79 Å². The summed E-state index contributed by atoms with van der Waals surface area (Å²) in [5.74, 6) is 1.82. The second kappa shape index (κ2) is 6.30. The van der Waals surface area contributed by atoms with Crippen LogP contribution < -0.4 is 0 Å². The monoisotopic (exact) mass is 335 g/mol. The molecule has 1 aromatic carbocycles. The van der Waals surface area contributed by atoms with Gasteiger partial charge in [0.25, 0.3) is 0 Å². The van der Waals surface area contributed by atoms with Gasteiger partial charge in [-0.2, -0.15) is 0 Å². The molecule has 1 saturated carbocycles. The van der Waals surface area contributed by atoms with E-state index in [1.54, 1.807) is 0 Å². The van der Waals surface area contributed by atoms with E-state index in [0.717, 1.165) is 24.8 Å². The molecular formula is C17H22BrNO. The fourth-order valence-electron chi connectivity index (χ4n) is 3.43. The molecular weight excluding hydrogens is 314 g/mol. The molecule has 108 valence electrons. The van der Waals surface area contributed by atoms with Gasteiger partial charge in [0.05, 0.1) is 0 Å². The molecule has 0 aromatic heterocycles. The summed E-state index contributed by atoms with van der Waals surface area (Å²) in [6.07, 6.45) is 4.69. The van der Waals surface area contributed by atoms with Gasteiger partial charge in [0.1, 0.15) is 0 Å². The predicted molar refractivity (Wildman–Crippen MR) is 85.0 cm³/mol. The first-order valence-electron chi connectivity index (χ1n) is 7.69. The first kappa shape index (κ1) is 14.1.